The summed E-state index contributed by atoms with van der Waals surface area (Å²) in [4.78, 5) is 6.94. The van der Waals surface area contributed by atoms with E-state index in [1.54, 1.807) is 7.11 Å². The molecule has 0 spiro atoms. The minimum Gasteiger partial charge on any atom is -0.385 e. The number of aryl methyl sites for hydroxylation is 2. The minimum atomic E-state index is 0.809. The van der Waals surface area contributed by atoms with Crippen LogP contribution in [0.2, 0.25) is 0 Å². The maximum Gasteiger partial charge on any atom is 0.191 e. The molecule has 0 atom stereocenters. The van der Waals surface area contributed by atoms with Crippen molar-refractivity contribution in [3.05, 3.63) is 17.5 Å². The quantitative estimate of drug-likeness (QED) is 0.303. The van der Waals surface area contributed by atoms with Gasteiger partial charge in [-0.3, -0.25) is 10.1 Å². The number of likely N-dealkylation sites (N-methyl/N-ethyl adjacent to an activating group) is 1. The van der Waals surface area contributed by atoms with E-state index in [1.807, 2.05) is 6.20 Å². The molecule has 0 aliphatic carbocycles. The summed E-state index contributed by atoms with van der Waals surface area (Å²) in [5, 5.41) is 13.7. The van der Waals surface area contributed by atoms with Crippen LogP contribution in [0.15, 0.2) is 11.2 Å². The van der Waals surface area contributed by atoms with Gasteiger partial charge in [0.2, 0.25) is 0 Å². The lowest BCUT2D eigenvalue weighted by Gasteiger charge is -2.18. The number of aliphatic imine (C=N–C) groups is 1. The first-order valence-corrected chi connectivity index (χ1v) is 8.85. The number of hydrogen-bond acceptors (Lipinski definition) is 4. The first kappa shape index (κ1) is 20.4. The Morgan fingerprint density at radius 2 is 2.17 bits per heavy atom. The van der Waals surface area contributed by atoms with Gasteiger partial charge in [0.15, 0.2) is 5.96 Å². The molecule has 0 bridgehead atoms. The molecule has 1 aromatic rings. The molecule has 0 aromatic carbocycles. The van der Waals surface area contributed by atoms with E-state index in [9.17, 15) is 0 Å². The largest absolute Gasteiger partial charge is 0.385 e. The minimum absolute atomic E-state index is 0.809. The smallest absolute Gasteiger partial charge is 0.191 e. The van der Waals surface area contributed by atoms with Crippen molar-refractivity contribution in [2.45, 2.75) is 33.1 Å². The molecule has 0 radical (unpaired) electrons. The SMILES string of the molecule is CCNC(=NCCCc1cn[nH]c1C)NCCN(C)CCCOC. The van der Waals surface area contributed by atoms with Crippen molar-refractivity contribution in [1.82, 2.24) is 25.7 Å². The summed E-state index contributed by atoms with van der Waals surface area (Å²) in [7, 11) is 3.88. The van der Waals surface area contributed by atoms with Gasteiger partial charge in [0.25, 0.3) is 0 Å². The van der Waals surface area contributed by atoms with Crippen molar-refractivity contribution in [2.24, 2.45) is 4.99 Å². The van der Waals surface area contributed by atoms with E-state index in [0.29, 0.717) is 0 Å². The lowest BCUT2D eigenvalue weighted by atomic mass is 10.1. The van der Waals surface area contributed by atoms with Gasteiger partial charge >= 0.3 is 0 Å². The summed E-state index contributed by atoms with van der Waals surface area (Å²) in [6, 6.07) is 0. The van der Waals surface area contributed by atoms with E-state index >= 15 is 0 Å². The van der Waals surface area contributed by atoms with Crippen LogP contribution >= 0.6 is 0 Å². The van der Waals surface area contributed by atoms with Crippen LogP contribution in [0.3, 0.4) is 0 Å². The second kappa shape index (κ2) is 12.8. The molecule has 1 heterocycles. The second-order valence-corrected chi connectivity index (χ2v) is 5.96. The lowest BCUT2D eigenvalue weighted by Crippen LogP contribution is -2.41. The average Bonchev–Trinajstić information content (AvgIpc) is 2.97. The number of nitrogens with one attached hydrogen (secondary N) is 3. The zero-order chi connectivity index (χ0) is 17.6. The highest BCUT2D eigenvalue weighted by molar-refractivity contribution is 5.79. The molecule has 7 nitrogen and oxygen atoms in total. The summed E-state index contributed by atoms with van der Waals surface area (Å²) in [5.74, 6) is 0.895. The zero-order valence-corrected chi connectivity index (χ0v) is 15.7. The molecule has 1 rings (SSSR count). The summed E-state index contributed by atoms with van der Waals surface area (Å²) in [5.41, 5.74) is 2.43. The molecule has 138 valence electrons. The Morgan fingerprint density at radius 1 is 1.33 bits per heavy atom. The molecule has 0 unspecified atom stereocenters. The summed E-state index contributed by atoms with van der Waals surface area (Å²) in [6.45, 7) is 9.56. The van der Waals surface area contributed by atoms with E-state index in [-0.39, 0.29) is 0 Å². The van der Waals surface area contributed by atoms with E-state index in [0.717, 1.165) is 70.2 Å². The van der Waals surface area contributed by atoms with Crippen molar-refractivity contribution in [3.63, 3.8) is 0 Å². The molecule has 0 aliphatic rings. The molecule has 24 heavy (non-hydrogen) atoms. The third kappa shape index (κ3) is 8.88. The van der Waals surface area contributed by atoms with E-state index in [1.165, 1.54) is 5.56 Å². The first-order valence-electron chi connectivity index (χ1n) is 8.85. The molecule has 0 aliphatic heterocycles. The van der Waals surface area contributed by atoms with Crippen LogP contribution in [0, 0.1) is 6.92 Å². The Labute approximate surface area is 146 Å². The topological polar surface area (TPSA) is 77.6 Å². The maximum atomic E-state index is 5.08. The predicted octanol–water partition coefficient (Wildman–Crippen LogP) is 1.17. The number of guanidine groups is 1. The van der Waals surface area contributed by atoms with Crippen LogP contribution in [0.25, 0.3) is 0 Å². The van der Waals surface area contributed by atoms with Gasteiger partial charge < -0.3 is 20.3 Å². The van der Waals surface area contributed by atoms with E-state index in [4.69, 9.17) is 4.74 Å². The van der Waals surface area contributed by atoms with Crippen molar-refractivity contribution in [2.75, 3.05) is 53.5 Å². The average molecular weight is 339 g/mol. The van der Waals surface area contributed by atoms with E-state index in [2.05, 4.69) is 51.6 Å². The highest BCUT2D eigenvalue weighted by Crippen LogP contribution is 2.05. The number of methoxy groups -OCH3 is 1. The normalized spacial score (nSPS) is 12.0. The monoisotopic (exact) mass is 338 g/mol. The molecule has 3 N–H and O–H groups in total. The van der Waals surface area contributed by atoms with Crippen LogP contribution in [0.4, 0.5) is 0 Å². The van der Waals surface area contributed by atoms with Crippen LogP contribution in [0.1, 0.15) is 31.0 Å². The van der Waals surface area contributed by atoms with Crippen molar-refractivity contribution < 1.29 is 4.74 Å². The lowest BCUT2D eigenvalue weighted by molar-refractivity contribution is 0.180. The third-order valence-corrected chi connectivity index (χ3v) is 3.83. The summed E-state index contributed by atoms with van der Waals surface area (Å²) in [6.07, 6.45) is 5.00. The van der Waals surface area contributed by atoms with Crippen LogP contribution in [0.5, 0.6) is 0 Å². The maximum absolute atomic E-state index is 5.08. The Balaban J connectivity index is 2.23. The second-order valence-electron chi connectivity index (χ2n) is 5.96. The van der Waals surface area contributed by atoms with Crippen molar-refractivity contribution >= 4 is 5.96 Å². The Hall–Kier alpha value is -1.60. The summed E-state index contributed by atoms with van der Waals surface area (Å²) < 4.78 is 5.08. The van der Waals surface area contributed by atoms with Gasteiger partial charge in [-0.15, -0.1) is 0 Å². The van der Waals surface area contributed by atoms with Crippen LogP contribution in [-0.4, -0.2) is 74.5 Å². The Bertz CT molecular complexity index is 460. The summed E-state index contributed by atoms with van der Waals surface area (Å²) >= 11 is 0. The van der Waals surface area contributed by atoms with Gasteiger partial charge in [0.1, 0.15) is 0 Å². The zero-order valence-electron chi connectivity index (χ0n) is 15.7. The van der Waals surface area contributed by atoms with Gasteiger partial charge in [-0.25, -0.2) is 0 Å². The Kier molecular flexibility index (Phi) is 10.9. The standard InChI is InChI=1S/C17H34N6O/c1-5-18-17(20-10-12-23(3)11-7-13-24-4)19-9-6-8-16-14-21-22-15(16)2/h14H,5-13H2,1-4H3,(H,21,22)(H2,18,19,20). The highest BCUT2D eigenvalue weighted by atomic mass is 16.5. The van der Waals surface area contributed by atoms with E-state index < -0.39 is 0 Å². The van der Waals surface area contributed by atoms with Gasteiger partial charge in [-0.05, 0) is 45.7 Å². The fourth-order valence-electron chi connectivity index (χ4n) is 2.39. The number of aromatic nitrogens is 2. The Morgan fingerprint density at radius 3 is 2.83 bits per heavy atom. The van der Waals surface area contributed by atoms with Crippen LogP contribution in [-0.2, 0) is 11.2 Å². The number of rotatable bonds is 12. The molecule has 1 aromatic heterocycles. The molecule has 7 heteroatoms. The van der Waals surface area contributed by atoms with Gasteiger partial charge in [0.05, 0.1) is 6.20 Å². The molecular weight excluding hydrogens is 304 g/mol. The first-order chi connectivity index (χ1) is 11.7. The molecule has 0 amide bonds. The van der Waals surface area contributed by atoms with Crippen LogP contribution < -0.4 is 10.6 Å². The number of aromatic amines is 1. The number of hydrogen-bond donors (Lipinski definition) is 3. The molecule has 0 fully saturated rings. The number of nitrogens with zero attached hydrogens (tertiary/aromatic N) is 3. The number of H-pyrrole nitrogens is 1. The number of ether oxygens (including phenoxy) is 1. The van der Waals surface area contributed by atoms with Gasteiger partial charge in [0, 0.05) is 52.1 Å². The fraction of sp³-hybridized carbons (Fsp3) is 0.765. The third-order valence-electron chi connectivity index (χ3n) is 3.83. The van der Waals surface area contributed by atoms with Crippen molar-refractivity contribution in [1.29, 1.82) is 0 Å². The molecule has 0 saturated carbocycles. The van der Waals surface area contributed by atoms with Gasteiger partial charge in [-0.1, -0.05) is 0 Å². The highest BCUT2D eigenvalue weighted by Gasteiger charge is 2.02. The fourth-order valence-corrected chi connectivity index (χ4v) is 2.39. The molecular formula is C17H34N6O. The van der Waals surface area contributed by atoms with Crippen molar-refractivity contribution in [3.8, 4) is 0 Å². The predicted molar refractivity (Wildman–Crippen MR) is 99.6 cm³/mol. The van der Waals surface area contributed by atoms with Gasteiger partial charge in [-0.2, -0.15) is 5.10 Å². The molecule has 0 saturated heterocycles.